The molecule has 20 heavy (non-hydrogen) atoms. The summed E-state index contributed by atoms with van der Waals surface area (Å²) in [7, 11) is 0. The molecule has 0 aromatic heterocycles. The van der Waals surface area contributed by atoms with Crippen molar-refractivity contribution in [3.8, 4) is 0 Å². The Balaban J connectivity index is 2.06. The lowest BCUT2D eigenvalue weighted by molar-refractivity contribution is 0.0951. The fraction of sp³-hybridized carbons (Fsp3) is 0.0667. The molecule has 2 aromatic carbocycles. The summed E-state index contributed by atoms with van der Waals surface area (Å²) in [5, 5.41) is 2.75. The Labute approximate surface area is 116 Å². The number of carbonyl (C=O) groups is 2. The van der Waals surface area contributed by atoms with Crippen LogP contribution >= 0.6 is 0 Å². The first-order chi connectivity index (χ1) is 9.58. The molecule has 0 radical (unpaired) electrons. The van der Waals surface area contributed by atoms with Gasteiger partial charge in [-0.3, -0.25) is 9.59 Å². The molecule has 0 saturated carbocycles. The minimum atomic E-state index is -0.495. The molecule has 2 amide bonds. The number of amides is 2. The van der Waals surface area contributed by atoms with E-state index in [2.05, 4.69) is 5.32 Å². The third-order valence-corrected chi connectivity index (χ3v) is 2.87. The van der Waals surface area contributed by atoms with Gasteiger partial charge in [-0.25, -0.2) is 0 Å². The summed E-state index contributed by atoms with van der Waals surface area (Å²) in [6, 6.07) is 13.6. The van der Waals surface area contributed by atoms with Crippen LogP contribution in [0.5, 0.6) is 0 Å². The van der Waals surface area contributed by atoms with Crippen molar-refractivity contribution in [1.29, 1.82) is 0 Å². The second-order valence-corrected chi connectivity index (χ2v) is 4.33. The van der Waals surface area contributed by atoms with Crippen LogP contribution in [-0.2, 0) is 6.54 Å². The van der Waals surface area contributed by atoms with E-state index in [4.69, 9.17) is 11.5 Å². The Bertz CT molecular complexity index is 653. The van der Waals surface area contributed by atoms with E-state index in [1.165, 1.54) is 0 Å². The first kappa shape index (κ1) is 13.6. The Morgan fingerprint density at radius 3 is 2.50 bits per heavy atom. The fourth-order valence-corrected chi connectivity index (χ4v) is 1.82. The molecule has 5 nitrogen and oxygen atoms in total. The van der Waals surface area contributed by atoms with Crippen LogP contribution in [0.2, 0.25) is 0 Å². The smallest absolute Gasteiger partial charge is 0.253 e. The number of nitrogen functional groups attached to an aromatic ring is 1. The van der Waals surface area contributed by atoms with Gasteiger partial charge in [0.05, 0.1) is 5.56 Å². The summed E-state index contributed by atoms with van der Waals surface area (Å²) in [4.78, 5) is 23.1. The molecule has 0 heterocycles. The van der Waals surface area contributed by atoms with Gasteiger partial charge in [-0.15, -0.1) is 0 Å². The van der Waals surface area contributed by atoms with Gasteiger partial charge in [0.1, 0.15) is 0 Å². The predicted octanol–water partition coefficient (Wildman–Crippen LogP) is 1.30. The van der Waals surface area contributed by atoms with Gasteiger partial charge >= 0.3 is 0 Å². The monoisotopic (exact) mass is 269 g/mol. The highest BCUT2D eigenvalue weighted by molar-refractivity contribution is 5.99. The topological polar surface area (TPSA) is 98.2 Å². The van der Waals surface area contributed by atoms with Gasteiger partial charge < -0.3 is 16.8 Å². The van der Waals surface area contributed by atoms with E-state index in [9.17, 15) is 9.59 Å². The van der Waals surface area contributed by atoms with Gasteiger partial charge in [0.2, 0.25) is 5.91 Å². The number of hydrogen-bond acceptors (Lipinski definition) is 3. The lowest BCUT2D eigenvalue weighted by atomic mass is 10.1. The van der Waals surface area contributed by atoms with E-state index in [-0.39, 0.29) is 5.91 Å². The number of hydrogen-bond donors (Lipinski definition) is 3. The number of nitrogens with two attached hydrogens (primary N) is 2. The molecule has 0 unspecified atom stereocenters. The normalized spacial score (nSPS) is 10.0. The summed E-state index contributed by atoms with van der Waals surface area (Å²) < 4.78 is 0. The molecule has 2 aromatic rings. The molecule has 102 valence electrons. The molecule has 5 heteroatoms. The fourth-order valence-electron chi connectivity index (χ4n) is 1.82. The maximum Gasteiger partial charge on any atom is 0.253 e. The Morgan fingerprint density at radius 2 is 1.80 bits per heavy atom. The highest BCUT2D eigenvalue weighted by atomic mass is 16.2. The highest BCUT2D eigenvalue weighted by Gasteiger charge is 2.08. The van der Waals surface area contributed by atoms with Crippen LogP contribution in [0.3, 0.4) is 0 Å². The zero-order valence-electron chi connectivity index (χ0n) is 10.8. The van der Waals surface area contributed by atoms with Crippen molar-refractivity contribution in [2.24, 2.45) is 5.73 Å². The van der Waals surface area contributed by atoms with Crippen molar-refractivity contribution in [2.75, 3.05) is 5.73 Å². The van der Waals surface area contributed by atoms with Gasteiger partial charge in [-0.1, -0.05) is 24.3 Å². The predicted molar refractivity (Wildman–Crippen MR) is 77.0 cm³/mol. The van der Waals surface area contributed by atoms with Gasteiger partial charge in [-0.05, 0) is 29.8 Å². The summed E-state index contributed by atoms with van der Waals surface area (Å²) in [6.45, 7) is 0.300. The standard InChI is InChI=1S/C15H15N3O2/c16-13-7-2-1-6-12(13)15(20)18-9-10-4-3-5-11(8-10)14(17)19/h1-8H,9,16H2,(H2,17,19)(H,18,20). The molecule has 5 N–H and O–H groups in total. The van der Waals surface area contributed by atoms with E-state index >= 15 is 0 Å². The van der Waals surface area contributed by atoms with Crippen molar-refractivity contribution < 1.29 is 9.59 Å². The lowest BCUT2D eigenvalue weighted by Crippen LogP contribution is -2.24. The summed E-state index contributed by atoms with van der Waals surface area (Å²) in [5.41, 5.74) is 13.0. The van der Waals surface area contributed by atoms with Crippen molar-refractivity contribution in [1.82, 2.24) is 5.32 Å². The molecule has 0 saturated heterocycles. The first-order valence-corrected chi connectivity index (χ1v) is 6.09. The Hall–Kier alpha value is -2.82. The lowest BCUT2D eigenvalue weighted by Gasteiger charge is -2.08. The quantitative estimate of drug-likeness (QED) is 0.729. The van der Waals surface area contributed by atoms with E-state index in [0.29, 0.717) is 23.4 Å². The number of anilines is 1. The number of nitrogens with one attached hydrogen (secondary N) is 1. The summed E-state index contributed by atoms with van der Waals surface area (Å²) >= 11 is 0. The van der Waals surface area contributed by atoms with Crippen LogP contribution < -0.4 is 16.8 Å². The largest absolute Gasteiger partial charge is 0.398 e. The molecule has 0 aliphatic rings. The van der Waals surface area contributed by atoms with Crippen LogP contribution in [0.25, 0.3) is 0 Å². The number of benzene rings is 2. The van der Waals surface area contributed by atoms with E-state index in [1.807, 2.05) is 0 Å². The molecular formula is C15H15N3O2. The maximum atomic E-state index is 12.0. The van der Waals surface area contributed by atoms with E-state index in [0.717, 1.165) is 5.56 Å². The average Bonchev–Trinajstić information content (AvgIpc) is 2.45. The highest BCUT2D eigenvalue weighted by Crippen LogP contribution is 2.11. The SMILES string of the molecule is NC(=O)c1cccc(CNC(=O)c2ccccc2N)c1. The molecule has 0 aliphatic heterocycles. The number of para-hydroxylation sites is 1. The average molecular weight is 269 g/mol. The Morgan fingerprint density at radius 1 is 1.05 bits per heavy atom. The van der Waals surface area contributed by atoms with Crippen LogP contribution in [0, 0.1) is 0 Å². The second-order valence-electron chi connectivity index (χ2n) is 4.33. The van der Waals surface area contributed by atoms with Gasteiger partial charge in [0.25, 0.3) is 5.91 Å². The van der Waals surface area contributed by atoms with Crippen LogP contribution in [0.4, 0.5) is 5.69 Å². The number of primary amides is 1. The minimum Gasteiger partial charge on any atom is -0.398 e. The number of rotatable bonds is 4. The molecule has 0 aliphatic carbocycles. The summed E-state index contributed by atoms with van der Waals surface area (Å²) in [6.07, 6.45) is 0. The minimum absolute atomic E-state index is 0.257. The van der Waals surface area contributed by atoms with Gasteiger partial charge in [0.15, 0.2) is 0 Å². The van der Waals surface area contributed by atoms with E-state index in [1.54, 1.807) is 48.5 Å². The second kappa shape index (κ2) is 5.88. The third-order valence-electron chi connectivity index (χ3n) is 2.87. The zero-order valence-corrected chi connectivity index (χ0v) is 10.8. The zero-order chi connectivity index (χ0) is 14.5. The van der Waals surface area contributed by atoms with Crippen molar-refractivity contribution in [3.63, 3.8) is 0 Å². The van der Waals surface area contributed by atoms with Crippen molar-refractivity contribution >= 4 is 17.5 Å². The molecular weight excluding hydrogens is 254 g/mol. The van der Waals surface area contributed by atoms with E-state index < -0.39 is 5.91 Å². The number of carbonyl (C=O) groups excluding carboxylic acids is 2. The third kappa shape index (κ3) is 3.14. The maximum absolute atomic E-state index is 12.0. The van der Waals surface area contributed by atoms with Gasteiger partial charge in [-0.2, -0.15) is 0 Å². The van der Waals surface area contributed by atoms with Crippen LogP contribution in [0.15, 0.2) is 48.5 Å². The van der Waals surface area contributed by atoms with Crippen molar-refractivity contribution in [2.45, 2.75) is 6.54 Å². The molecule has 2 rings (SSSR count). The van der Waals surface area contributed by atoms with Crippen molar-refractivity contribution in [3.05, 3.63) is 65.2 Å². The van der Waals surface area contributed by atoms with Crippen LogP contribution in [-0.4, -0.2) is 11.8 Å². The molecule has 0 fully saturated rings. The molecule has 0 spiro atoms. The summed E-state index contributed by atoms with van der Waals surface area (Å²) in [5.74, 6) is -0.752. The molecule has 0 bridgehead atoms. The first-order valence-electron chi connectivity index (χ1n) is 6.09. The Kier molecular flexibility index (Phi) is 4.00. The molecule has 0 atom stereocenters. The van der Waals surface area contributed by atoms with Crippen LogP contribution in [0.1, 0.15) is 26.3 Å². The van der Waals surface area contributed by atoms with Gasteiger partial charge in [0, 0.05) is 17.8 Å².